The Hall–Kier alpha value is -4.23. The van der Waals surface area contributed by atoms with Crippen molar-refractivity contribution in [3.05, 3.63) is 176 Å². The van der Waals surface area contributed by atoms with Gasteiger partial charge in [0.05, 0.1) is 0 Å². The number of benzene rings is 2. The average Bonchev–Trinajstić information content (AvgIpc) is 4.47. The number of allylic oxidation sites excluding steroid dienone is 17. The highest BCUT2D eigenvalue weighted by molar-refractivity contribution is 5.60. The van der Waals surface area contributed by atoms with Gasteiger partial charge in [-0.05, 0) is 235 Å². The summed E-state index contributed by atoms with van der Waals surface area (Å²) in [5.74, 6) is 11.5. The summed E-state index contributed by atoms with van der Waals surface area (Å²) in [7, 11) is 0. The molecule has 2 aromatic rings. The zero-order valence-corrected chi connectivity index (χ0v) is 44.1. The molecule has 17 aliphatic carbocycles. The van der Waals surface area contributed by atoms with E-state index in [4.69, 9.17) is 4.11 Å². The van der Waals surface area contributed by atoms with Crippen molar-refractivity contribution in [2.75, 3.05) is 0 Å². The lowest BCUT2D eigenvalue weighted by atomic mass is 9.65. The molecule has 1 nitrogen and oxygen atoms in total. The molecule has 0 radical (unpaired) electrons. The summed E-state index contributed by atoms with van der Waals surface area (Å²) in [6.07, 6.45) is 56.2. The molecule has 1 saturated heterocycles. The third kappa shape index (κ3) is 8.68. The largest absolute Gasteiger partial charge is 0.202 e. The number of hydrogen-bond donors (Lipinski definition) is 0. The summed E-state index contributed by atoms with van der Waals surface area (Å²) in [6, 6.07) is 18.3. The summed E-state index contributed by atoms with van der Waals surface area (Å²) in [5.41, 5.74) is 20.4. The molecule has 0 aromatic heterocycles. The van der Waals surface area contributed by atoms with Crippen molar-refractivity contribution in [2.45, 2.75) is 197 Å². The first-order valence-electron chi connectivity index (χ1n) is 32.6. The molecular formula is C72H86N+. The molecule has 2 aromatic carbocycles. The summed E-state index contributed by atoms with van der Waals surface area (Å²) >= 11 is 0. The van der Waals surface area contributed by atoms with Gasteiger partial charge in [0.1, 0.15) is 12.1 Å². The maximum absolute atomic E-state index is 8.19. The van der Waals surface area contributed by atoms with Crippen LogP contribution in [0.25, 0.3) is 0 Å². The highest BCUT2D eigenvalue weighted by atomic mass is 15.2. The Kier molecular flexibility index (Phi) is 11.4. The molecule has 19 aliphatic rings. The van der Waals surface area contributed by atoms with Crippen molar-refractivity contribution in [1.29, 1.82) is 0 Å². The summed E-state index contributed by atoms with van der Waals surface area (Å²) in [5, 5.41) is 0. The first-order valence-corrected chi connectivity index (χ1v) is 30.9. The van der Waals surface area contributed by atoms with Gasteiger partial charge >= 0.3 is 0 Å². The van der Waals surface area contributed by atoms with E-state index in [-0.39, 0.29) is 19.2 Å². The molecule has 0 N–H and O–H groups in total. The Morgan fingerprint density at radius 3 is 1.71 bits per heavy atom. The molecule has 14 atom stereocenters. The molecule has 14 unspecified atom stereocenters. The van der Waals surface area contributed by atoms with E-state index in [0.29, 0.717) is 17.8 Å². The normalized spacial score (nSPS) is 40.0. The Balaban J connectivity index is 0.0000000788. The molecular weight excluding hydrogens is 879 g/mol. The smallest absolute Gasteiger partial charge is 0.187 e. The Labute approximate surface area is 444 Å². The monoisotopic (exact) mass is 968 g/mol. The molecule has 9 saturated carbocycles. The van der Waals surface area contributed by atoms with Crippen LogP contribution in [0.1, 0.15) is 211 Å². The number of hydrogen-bond acceptors (Lipinski definition) is 0. The fraction of sp³-hybridized carbons (Fsp3) is 0.569. The van der Waals surface area contributed by atoms with E-state index >= 15 is 0 Å². The zero-order chi connectivity index (χ0) is 50.6. The first kappa shape index (κ1) is 42.9. The fourth-order valence-electron chi connectivity index (χ4n) is 17.3. The first-order chi connectivity index (χ1) is 37.5. The average molecular weight is 969 g/mol. The number of nitrogens with zero attached hydrogens (tertiary/aromatic N) is 1. The Morgan fingerprint density at radius 2 is 1.01 bits per heavy atom. The van der Waals surface area contributed by atoms with Gasteiger partial charge in [0.25, 0.3) is 0 Å². The second kappa shape index (κ2) is 19.4. The van der Waals surface area contributed by atoms with E-state index in [1.165, 1.54) is 164 Å². The van der Waals surface area contributed by atoms with Crippen LogP contribution in [0.3, 0.4) is 0 Å². The van der Waals surface area contributed by atoms with E-state index in [2.05, 4.69) is 114 Å². The third-order valence-corrected chi connectivity index (χ3v) is 21.9. The molecule has 0 spiro atoms. The van der Waals surface area contributed by atoms with Crippen molar-refractivity contribution >= 4 is 6.21 Å². The lowest BCUT2D eigenvalue weighted by molar-refractivity contribution is -0.532. The molecule has 0 bridgehead atoms. The van der Waals surface area contributed by atoms with Crippen LogP contribution in [-0.4, -0.2) is 16.8 Å². The van der Waals surface area contributed by atoms with Crippen LogP contribution < -0.4 is 0 Å². The predicted molar refractivity (Wildman–Crippen MR) is 303 cm³/mol. The Bertz CT molecular complexity index is 2810. The molecule has 2 heterocycles. The fourth-order valence-corrected chi connectivity index (χ4v) is 17.3. The van der Waals surface area contributed by atoms with Gasteiger partial charge < -0.3 is 0 Å². The van der Waals surface area contributed by atoms with E-state index in [9.17, 15) is 0 Å². The number of rotatable bonds is 3. The van der Waals surface area contributed by atoms with Crippen LogP contribution >= 0.6 is 0 Å². The maximum atomic E-state index is 8.19. The molecule has 21 rings (SSSR count). The second-order valence-electron chi connectivity index (χ2n) is 26.0. The summed E-state index contributed by atoms with van der Waals surface area (Å²) in [6.45, 7) is 0. The van der Waals surface area contributed by atoms with Crippen LogP contribution in [0.15, 0.2) is 153 Å². The molecule has 10 fully saturated rings. The van der Waals surface area contributed by atoms with Crippen molar-refractivity contribution < 1.29 is 8.69 Å². The quantitative estimate of drug-likeness (QED) is 0.270. The van der Waals surface area contributed by atoms with E-state index in [1.807, 2.05) is 0 Å². The van der Waals surface area contributed by atoms with Crippen molar-refractivity contribution in [3.8, 4) is 0 Å². The summed E-state index contributed by atoms with van der Waals surface area (Å²) in [4.78, 5) is 0. The van der Waals surface area contributed by atoms with Crippen LogP contribution in [0.5, 0.6) is 0 Å². The van der Waals surface area contributed by atoms with Crippen LogP contribution in [0, 0.1) is 59.2 Å². The van der Waals surface area contributed by atoms with E-state index < -0.39 is 0 Å². The second-order valence-corrected chi connectivity index (χ2v) is 26.0. The van der Waals surface area contributed by atoms with Crippen molar-refractivity contribution in [2.24, 2.45) is 59.2 Å². The van der Waals surface area contributed by atoms with Crippen LogP contribution in [0.2, 0.25) is 0 Å². The van der Waals surface area contributed by atoms with Gasteiger partial charge in [-0.1, -0.05) is 166 Å². The van der Waals surface area contributed by atoms with Gasteiger partial charge in [0.15, 0.2) is 11.7 Å². The maximum Gasteiger partial charge on any atom is 0.187 e. The zero-order valence-electron chi connectivity index (χ0n) is 47.1. The van der Waals surface area contributed by atoms with Gasteiger partial charge in [0.2, 0.25) is 0 Å². The van der Waals surface area contributed by atoms with Crippen LogP contribution in [0.4, 0.5) is 0 Å². The minimum Gasteiger partial charge on any atom is -0.202 e. The topological polar surface area (TPSA) is 3.01 Å². The molecule has 2 aliphatic heterocycles. The minimum atomic E-state index is 0.0734. The van der Waals surface area contributed by atoms with Gasteiger partial charge in [-0.3, -0.25) is 0 Å². The highest BCUT2D eigenvalue weighted by Gasteiger charge is 2.65. The van der Waals surface area contributed by atoms with Gasteiger partial charge in [-0.15, -0.1) is 0 Å². The van der Waals surface area contributed by atoms with E-state index in [0.717, 1.165) is 78.1 Å². The minimum absolute atomic E-state index is 0.0734. The SMILES string of the molecule is C1=C2C(=CC1)C1CC21.C1=C2C3CC3[N+]2=CC1.C1=CC2=C(C1)C1CC21.[2H]C1C2=C(C=CC2)C1C1CCCCC1.[2H]C1C2=CCC=C2C1C1CCCCC1.[2H]C1c2ccccc2C1C1CCCCC1.c1ccc2c(c1)C1CC21. The third-order valence-electron chi connectivity index (χ3n) is 21.9. The lowest BCUT2D eigenvalue weighted by Crippen LogP contribution is -2.27. The Morgan fingerprint density at radius 1 is 0.425 bits per heavy atom. The van der Waals surface area contributed by atoms with Crippen molar-refractivity contribution in [3.63, 3.8) is 0 Å². The van der Waals surface area contributed by atoms with Gasteiger partial charge in [0, 0.05) is 17.0 Å². The standard InChI is InChI=1S/C14H18.2C13H18.C9H8.2C8H8.C7H8N/c1-2-6-11(7-3-1)14-10-12-8-4-5-9-13(12)14;2*1-2-5-10(6-3-1)13-9-11-7-4-8-12(11)13;1-2-4-7-6(3-1)8-5-9(7)8;2*1-2-5-6(3-1)8-4-7(5)8;1-2-6-5-4-7(5)8(6)3-1/h4-5,8-9,11,14H,1-3,6-7,10H2;7-8,10,13H,1-6,9H2;4,8,10,13H,1-3,5-7,9H2;1-4,8-9H,5H2;2-3,7-8H,1,4H2;1-2,7-8H,3-4H2;2-3,5,7H,1,4H2/q;;;;;;+1/i10D;2*9D;;;;. The highest BCUT2D eigenvalue weighted by Crippen LogP contribution is 2.66. The van der Waals surface area contributed by atoms with E-state index in [1.54, 1.807) is 50.3 Å². The number of fused-ring (bicyclic) bond motifs is 17. The molecule has 0 amide bonds. The van der Waals surface area contributed by atoms with Gasteiger partial charge in [-0.25, -0.2) is 4.58 Å². The van der Waals surface area contributed by atoms with Gasteiger partial charge in [-0.2, -0.15) is 0 Å². The molecule has 378 valence electrons. The lowest BCUT2D eigenvalue weighted by Gasteiger charge is -2.39. The van der Waals surface area contributed by atoms with Crippen LogP contribution in [-0.2, 0) is 6.40 Å². The predicted octanol–water partition coefficient (Wildman–Crippen LogP) is 18.4. The molecule has 73 heavy (non-hydrogen) atoms. The summed E-state index contributed by atoms with van der Waals surface area (Å²) < 4.78 is 26.9. The van der Waals surface area contributed by atoms with Crippen molar-refractivity contribution in [1.82, 2.24) is 0 Å². The molecule has 1 heteroatoms.